The van der Waals surface area contributed by atoms with Crippen molar-refractivity contribution < 1.29 is 9.53 Å². The normalized spacial score (nSPS) is 11.9. The average molecular weight is 366 g/mol. The summed E-state index contributed by atoms with van der Waals surface area (Å²) < 4.78 is 5.91. The molecule has 0 aliphatic heterocycles. The molecule has 1 amide bonds. The summed E-state index contributed by atoms with van der Waals surface area (Å²) in [5.74, 6) is 0.575. The van der Waals surface area contributed by atoms with E-state index in [1.807, 2.05) is 39.0 Å². The zero-order valence-corrected chi connectivity index (χ0v) is 15.5. The molecule has 128 valence electrons. The number of carbonyl (C=O) groups is 1. The lowest BCUT2D eigenvalue weighted by Crippen LogP contribution is -2.37. The minimum absolute atomic E-state index is 0.163. The van der Waals surface area contributed by atoms with Crippen molar-refractivity contribution in [1.29, 1.82) is 0 Å². The third kappa shape index (κ3) is 4.89. The molecule has 2 rings (SSSR count). The van der Waals surface area contributed by atoms with Gasteiger partial charge in [0.2, 0.25) is 0 Å². The van der Waals surface area contributed by atoms with E-state index < -0.39 is 6.10 Å². The lowest BCUT2D eigenvalue weighted by atomic mass is 10.1. The Morgan fingerprint density at radius 3 is 2.58 bits per heavy atom. The number of amides is 1. The Hall–Kier alpha value is -1.71. The Bertz CT molecular complexity index is 731. The maximum Gasteiger partial charge on any atom is 0.261 e. The Balaban J connectivity index is 2.02. The van der Waals surface area contributed by atoms with Crippen LogP contribution >= 0.6 is 23.2 Å². The van der Waals surface area contributed by atoms with E-state index in [1.54, 1.807) is 18.2 Å². The summed E-state index contributed by atoms with van der Waals surface area (Å²) in [5, 5.41) is 3.98. The van der Waals surface area contributed by atoms with E-state index in [1.165, 1.54) is 0 Å². The number of aryl methyl sites for hydroxylation is 2. The van der Waals surface area contributed by atoms with E-state index in [2.05, 4.69) is 5.32 Å². The summed E-state index contributed by atoms with van der Waals surface area (Å²) >= 11 is 12.0. The molecule has 0 unspecified atom stereocenters. The van der Waals surface area contributed by atoms with Crippen LogP contribution in [0.2, 0.25) is 10.0 Å². The second-order valence-electron chi connectivity index (χ2n) is 5.74. The number of rotatable bonds is 6. The number of hydrogen-bond donors (Lipinski definition) is 1. The van der Waals surface area contributed by atoms with Crippen molar-refractivity contribution in [3.8, 4) is 5.75 Å². The van der Waals surface area contributed by atoms with Gasteiger partial charge in [0.1, 0.15) is 5.75 Å². The Morgan fingerprint density at radius 2 is 1.92 bits per heavy atom. The van der Waals surface area contributed by atoms with Gasteiger partial charge in [0.25, 0.3) is 5.91 Å². The highest BCUT2D eigenvalue weighted by molar-refractivity contribution is 6.35. The molecule has 5 heteroatoms. The standard InChI is InChI=1S/C19H21Cl2NO2/c1-4-17(24-18-9-12(2)5-6-13(18)3)19(23)22-11-14-7-8-15(20)10-16(14)21/h5-10,17H,4,11H2,1-3H3,(H,22,23)/t17-/m0/s1. The molecule has 1 N–H and O–H groups in total. The van der Waals surface area contributed by atoms with Crippen molar-refractivity contribution >= 4 is 29.1 Å². The van der Waals surface area contributed by atoms with Gasteiger partial charge in [0.05, 0.1) is 0 Å². The summed E-state index contributed by atoms with van der Waals surface area (Å²) in [6.45, 7) is 6.22. The monoisotopic (exact) mass is 365 g/mol. The number of nitrogens with one attached hydrogen (secondary N) is 1. The fourth-order valence-corrected chi connectivity index (χ4v) is 2.75. The SMILES string of the molecule is CC[C@H](Oc1cc(C)ccc1C)C(=O)NCc1ccc(Cl)cc1Cl. The highest BCUT2D eigenvalue weighted by Crippen LogP contribution is 2.22. The van der Waals surface area contributed by atoms with Gasteiger partial charge in [-0.15, -0.1) is 0 Å². The molecule has 0 fully saturated rings. The zero-order valence-electron chi connectivity index (χ0n) is 14.0. The zero-order chi connectivity index (χ0) is 17.7. The number of benzene rings is 2. The largest absolute Gasteiger partial charge is 0.480 e. The minimum atomic E-state index is -0.545. The van der Waals surface area contributed by atoms with Gasteiger partial charge >= 0.3 is 0 Å². The van der Waals surface area contributed by atoms with Gasteiger partial charge in [-0.1, -0.05) is 48.3 Å². The molecule has 1 atom stereocenters. The molecule has 2 aromatic rings. The molecule has 0 radical (unpaired) electrons. The molecule has 0 saturated heterocycles. The van der Waals surface area contributed by atoms with Crippen molar-refractivity contribution in [2.45, 2.75) is 39.8 Å². The molecular weight excluding hydrogens is 345 g/mol. The van der Waals surface area contributed by atoms with E-state index in [4.69, 9.17) is 27.9 Å². The lowest BCUT2D eigenvalue weighted by molar-refractivity contribution is -0.128. The average Bonchev–Trinajstić information content (AvgIpc) is 2.54. The van der Waals surface area contributed by atoms with Crippen molar-refractivity contribution in [3.63, 3.8) is 0 Å². The number of carbonyl (C=O) groups excluding carboxylic acids is 1. The molecule has 0 saturated carbocycles. The first-order chi connectivity index (χ1) is 11.4. The predicted molar refractivity (Wildman–Crippen MR) is 98.9 cm³/mol. The molecule has 0 heterocycles. The van der Waals surface area contributed by atoms with Crippen molar-refractivity contribution in [3.05, 3.63) is 63.1 Å². The van der Waals surface area contributed by atoms with E-state index in [9.17, 15) is 4.79 Å². The Morgan fingerprint density at radius 1 is 1.17 bits per heavy atom. The van der Waals surface area contributed by atoms with Gasteiger partial charge < -0.3 is 10.1 Å². The van der Waals surface area contributed by atoms with Gasteiger partial charge in [-0.25, -0.2) is 0 Å². The first-order valence-electron chi connectivity index (χ1n) is 7.86. The number of hydrogen-bond acceptors (Lipinski definition) is 2. The van der Waals surface area contributed by atoms with E-state index >= 15 is 0 Å². The van der Waals surface area contributed by atoms with Crippen LogP contribution in [0.3, 0.4) is 0 Å². The fourth-order valence-electron chi connectivity index (χ4n) is 2.27. The summed E-state index contributed by atoms with van der Waals surface area (Å²) in [6, 6.07) is 11.2. The van der Waals surface area contributed by atoms with E-state index in [0.717, 1.165) is 22.4 Å². The van der Waals surface area contributed by atoms with Crippen LogP contribution in [0.4, 0.5) is 0 Å². The molecule has 0 aliphatic carbocycles. The summed E-state index contributed by atoms with van der Waals surface area (Å²) in [5.41, 5.74) is 2.92. The molecule has 0 spiro atoms. The molecule has 2 aromatic carbocycles. The predicted octanol–water partition coefficient (Wildman–Crippen LogP) is 5.08. The van der Waals surface area contributed by atoms with Gasteiger partial charge in [-0.2, -0.15) is 0 Å². The summed E-state index contributed by atoms with van der Waals surface area (Å²) in [4.78, 5) is 12.4. The highest BCUT2D eigenvalue weighted by atomic mass is 35.5. The van der Waals surface area contributed by atoms with Crippen LogP contribution in [0.25, 0.3) is 0 Å². The Labute approximate surface area is 152 Å². The molecule has 0 bridgehead atoms. The summed E-state index contributed by atoms with van der Waals surface area (Å²) in [6.07, 6.45) is 0.0321. The van der Waals surface area contributed by atoms with E-state index in [0.29, 0.717) is 23.0 Å². The van der Waals surface area contributed by atoms with Crippen LogP contribution in [-0.4, -0.2) is 12.0 Å². The molecular formula is C19H21Cl2NO2. The number of halogens is 2. The highest BCUT2D eigenvalue weighted by Gasteiger charge is 2.19. The second-order valence-corrected chi connectivity index (χ2v) is 6.58. The maximum absolute atomic E-state index is 12.4. The van der Waals surface area contributed by atoms with Crippen LogP contribution < -0.4 is 10.1 Å². The van der Waals surface area contributed by atoms with Crippen LogP contribution in [0.5, 0.6) is 5.75 Å². The van der Waals surface area contributed by atoms with Gasteiger partial charge in [-0.05, 0) is 55.2 Å². The van der Waals surface area contributed by atoms with Gasteiger partial charge in [0, 0.05) is 16.6 Å². The second kappa shape index (κ2) is 8.41. The first kappa shape index (κ1) is 18.6. The van der Waals surface area contributed by atoms with Crippen LogP contribution in [0.1, 0.15) is 30.0 Å². The van der Waals surface area contributed by atoms with Gasteiger partial charge in [0.15, 0.2) is 6.10 Å². The molecule has 0 aromatic heterocycles. The van der Waals surface area contributed by atoms with E-state index in [-0.39, 0.29) is 5.91 Å². The quantitative estimate of drug-likeness (QED) is 0.774. The third-order valence-electron chi connectivity index (χ3n) is 3.74. The smallest absolute Gasteiger partial charge is 0.261 e. The maximum atomic E-state index is 12.4. The lowest BCUT2D eigenvalue weighted by Gasteiger charge is -2.19. The first-order valence-corrected chi connectivity index (χ1v) is 8.62. The van der Waals surface area contributed by atoms with Crippen LogP contribution in [-0.2, 0) is 11.3 Å². The van der Waals surface area contributed by atoms with Crippen molar-refractivity contribution in [2.75, 3.05) is 0 Å². The van der Waals surface area contributed by atoms with Crippen molar-refractivity contribution in [1.82, 2.24) is 5.32 Å². The topological polar surface area (TPSA) is 38.3 Å². The Kier molecular flexibility index (Phi) is 6.52. The third-order valence-corrected chi connectivity index (χ3v) is 4.33. The summed E-state index contributed by atoms with van der Waals surface area (Å²) in [7, 11) is 0. The molecule has 24 heavy (non-hydrogen) atoms. The number of ether oxygens (including phenoxy) is 1. The van der Waals surface area contributed by atoms with Crippen LogP contribution in [0, 0.1) is 13.8 Å². The van der Waals surface area contributed by atoms with Crippen molar-refractivity contribution in [2.24, 2.45) is 0 Å². The fraction of sp³-hybridized carbons (Fsp3) is 0.316. The minimum Gasteiger partial charge on any atom is -0.480 e. The van der Waals surface area contributed by atoms with Crippen LogP contribution in [0.15, 0.2) is 36.4 Å². The molecule has 0 aliphatic rings. The van der Waals surface area contributed by atoms with Gasteiger partial charge in [-0.3, -0.25) is 4.79 Å². The molecule has 3 nitrogen and oxygen atoms in total.